The zero-order valence-corrected chi connectivity index (χ0v) is 13.1. The molecule has 0 bridgehead atoms. The van der Waals surface area contributed by atoms with Gasteiger partial charge in [0.25, 0.3) is 0 Å². The average Bonchev–Trinajstić information content (AvgIpc) is 2.40. The van der Waals surface area contributed by atoms with Gasteiger partial charge < -0.3 is 15.3 Å². The van der Waals surface area contributed by atoms with Crippen molar-refractivity contribution in [1.82, 2.24) is 10.2 Å². The van der Waals surface area contributed by atoms with Gasteiger partial charge in [-0.15, -0.1) is 0 Å². The number of carbonyl (C=O) groups excluding carboxylic acids is 1. The number of urea groups is 1. The predicted octanol–water partition coefficient (Wildman–Crippen LogP) is 2.85. The molecule has 0 saturated heterocycles. The van der Waals surface area contributed by atoms with Crippen molar-refractivity contribution < 1.29 is 14.7 Å². The minimum atomic E-state index is -1.19. The van der Waals surface area contributed by atoms with Gasteiger partial charge in [-0.05, 0) is 45.4 Å². The normalized spacial score (nSPS) is 23.2. The number of rotatable bonds is 5. The molecule has 1 rings (SSSR count). The molecule has 2 N–H and O–H groups in total. The number of nitrogens with one attached hydrogen (secondary N) is 1. The first-order valence-electron chi connectivity index (χ1n) is 7.56. The quantitative estimate of drug-likeness (QED) is 0.815. The first-order valence-corrected chi connectivity index (χ1v) is 7.56. The van der Waals surface area contributed by atoms with Crippen molar-refractivity contribution in [3.05, 3.63) is 0 Å². The fraction of sp³-hybridized carbons (Fsp3) is 0.867. The van der Waals surface area contributed by atoms with Gasteiger partial charge in [0.2, 0.25) is 0 Å². The number of hydrogen-bond acceptors (Lipinski definition) is 2. The number of hydrogen-bond donors (Lipinski definition) is 2. The first kappa shape index (κ1) is 16.8. The van der Waals surface area contributed by atoms with Crippen LogP contribution >= 0.6 is 0 Å². The molecule has 0 atom stereocenters. The maximum atomic E-state index is 12.1. The van der Waals surface area contributed by atoms with Crippen molar-refractivity contribution in [1.29, 1.82) is 0 Å². The molecule has 0 aromatic carbocycles. The van der Waals surface area contributed by atoms with Gasteiger partial charge in [0, 0.05) is 13.1 Å². The van der Waals surface area contributed by atoms with E-state index in [1.807, 2.05) is 0 Å². The van der Waals surface area contributed by atoms with Gasteiger partial charge in [0.15, 0.2) is 0 Å². The zero-order valence-electron chi connectivity index (χ0n) is 13.1. The van der Waals surface area contributed by atoms with Gasteiger partial charge in [-0.2, -0.15) is 0 Å². The molecule has 1 fully saturated rings. The highest BCUT2D eigenvalue weighted by atomic mass is 16.4. The minimum absolute atomic E-state index is 0.183. The van der Waals surface area contributed by atoms with E-state index in [4.69, 9.17) is 5.11 Å². The maximum Gasteiger partial charge on any atom is 0.329 e. The van der Waals surface area contributed by atoms with Gasteiger partial charge in [-0.3, -0.25) is 0 Å². The predicted molar refractivity (Wildman–Crippen MR) is 78.7 cm³/mol. The maximum absolute atomic E-state index is 12.1. The minimum Gasteiger partial charge on any atom is -0.480 e. The van der Waals surface area contributed by atoms with Crippen molar-refractivity contribution in [3.63, 3.8) is 0 Å². The molecule has 0 unspecified atom stereocenters. The number of likely N-dealkylation sites (N-methyl/N-ethyl adjacent to an activating group) is 1. The third kappa shape index (κ3) is 4.12. The van der Waals surface area contributed by atoms with E-state index in [9.17, 15) is 9.59 Å². The molecule has 0 radical (unpaired) electrons. The fourth-order valence-corrected chi connectivity index (χ4v) is 2.67. The van der Waals surface area contributed by atoms with Gasteiger partial charge in [-0.1, -0.05) is 19.8 Å². The zero-order chi connectivity index (χ0) is 15.3. The van der Waals surface area contributed by atoms with E-state index < -0.39 is 11.5 Å². The Morgan fingerprint density at radius 1 is 1.25 bits per heavy atom. The lowest BCUT2D eigenvalue weighted by atomic mass is 9.83. The van der Waals surface area contributed by atoms with E-state index in [1.165, 1.54) is 38.6 Å². The third-order valence-electron chi connectivity index (χ3n) is 4.54. The van der Waals surface area contributed by atoms with Crippen LogP contribution < -0.4 is 5.32 Å². The lowest BCUT2D eigenvalue weighted by Gasteiger charge is -2.35. The summed E-state index contributed by atoms with van der Waals surface area (Å²) in [5.74, 6) is -0.205. The number of nitrogens with zero attached hydrogens (tertiary/aromatic N) is 1. The molecule has 0 aliphatic heterocycles. The molecule has 1 saturated carbocycles. The highest BCUT2D eigenvalue weighted by Crippen LogP contribution is 2.28. The molecule has 0 aromatic heterocycles. The van der Waals surface area contributed by atoms with Crippen LogP contribution in [0.4, 0.5) is 4.79 Å². The molecule has 20 heavy (non-hydrogen) atoms. The van der Waals surface area contributed by atoms with Crippen LogP contribution in [0.25, 0.3) is 0 Å². The van der Waals surface area contributed by atoms with E-state index >= 15 is 0 Å². The Labute approximate surface area is 121 Å². The van der Waals surface area contributed by atoms with Crippen LogP contribution in [0.15, 0.2) is 0 Å². The number of carboxylic acid groups (broad SMARTS) is 1. The van der Waals surface area contributed by atoms with Crippen molar-refractivity contribution in [2.24, 2.45) is 5.92 Å². The molecule has 1 aliphatic rings. The highest BCUT2D eigenvalue weighted by Gasteiger charge is 2.36. The van der Waals surface area contributed by atoms with E-state index in [-0.39, 0.29) is 12.1 Å². The molecule has 5 nitrogen and oxygen atoms in total. The van der Waals surface area contributed by atoms with Gasteiger partial charge >= 0.3 is 12.0 Å². The Balaban J connectivity index is 2.46. The summed E-state index contributed by atoms with van der Waals surface area (Å²) in [7, 11) is 1.53. The van der Waals surface area contributed by atoms with Crippen LogP contribution in [0.1, 0.15) is 59.3 Å². The number of aliphatic carboxylic acids is 1. The van der Waals surface area contributed by atoms with Crippen LogP contribution in [-0.4, -0.2) is 40.6 Å². The largest absolute Gasteiger partial charge is 0.480 e. The molecular weight excluding hydrogens is 256 g/mol. The topological polar surface area (TPSA) is 69.6 Å². The van der Waals surface area contributed by atoms with Crippen LogP contribution in [0.2, 0.25) is 0 Å². The van der Waals surface area contributed by atoms with E-state index in [0.717, 1.165) is 31.6 Å². The Hall–Kier alpha value is -1.26. The van der Waals surface area contributed by atoms with Crippen LogP contribution in [-0.2, 0) is 4.79 Å². The summed E-state index contributed by atoms with van der Waals surface area (Å²) in [6.45, 7) is 5.27. The number of carbonyl (C=O) groups is 2. The highest BCUT2D eigenvalue weighted by molar-refractivity contribution is 5.85. The molecule has 116 valence electrons. The molecule has 1 aliphatic carbocycles. The molecule has 0 aromatic rings. The Morgan fingerprint density at radius 3 is 2.25 bits per heavy atom. The summed E-state index contributed by atoms with van der Waals surface area (Å²) in [4.78, 5) is 24.5. The summed E-state index contributed by atoms with van der Waals surface area (Å²) in [6, 6.07) is -0.112. The number of carboxylic acids is 1. The molecule has 0 spiro atoms. The first-order chi connectivity index (χ1) is 9.28. The van der Waals surface area contributed by atoms with Crippen molar-refractivity contribution in [2.75, 3.05) is 7.05 Å². The second kappa shape index (κ2) is 6.95. The Bertz CT molecular complexity index is 347. The summed E-state index contributed by atoms with van der Waals surface area (Å²) in [6.07, 6.45) is 6.80. The molecule has 2 amide bonds. The Morgan fingerprint density at radius 2 is 1.80 bits per heavy atom. The van der Waals surface area contributed by atoms with Crippen LogP contribution in [0.3, 0.4) is 0 Å². The molecule has 5 heteroatoms. The summed E-state index contributed by atoms with van der Waals surface area (Å²) >= 11 is 0. The van der Waals surface area contributed by atoms with Crippen molar-refractivity contribution in [2.45, 2.75) is 70.9 Å². The van der Waals surface area contributed by atoms with Crippen LogP contribution in [0, 0.1) is 5.92 Å². The third-order valence-corrected chi connectivity index (χ3v) is 4.54. The molecular formula is C15H28N2O3. The molecule has 0 heterocycles. The Kier molecular flexibility index (Phi) is 5.84. The second-order valence-corrected chi connectivity index (χ2v) is 6.38. The summed E-state index contributed by atoms with van der Waals surface area (Å²) in [5, 5.41) is 12.1. The average molecular weight is 284 g/mol. The smallest absolute Gasteiger partial charge is 0.329 e. The lowest BCUT2D eigenvalue weighted by Crippen LogP contribution is -2.56. The number of amides is 2. The summed E-state index contributed by atoms with van der Waals surface area (Å²) < 4.78 is 0. The van der Waals surface area contributed by atoms with E-state index in [2.05, 4.69) is 12.2 Å². The SMILES string of the molecule is CCCC1CCC(NC(=O)N(C)C(C)(C)C(=O)O)CC1. The van der Waals surface area contributed by atoms with Gasteiger partial charge in [0.05, 0.1) is 0 Å². The van der Waals surface area contributed by atoms with Crippen molar-refractivity contribution >= 4 is 12.0 Å². The van der Waals surface area contributed by atoms with E-state index in [0.29, 0.717) is 0 Å². The second-order valence-electron chi connectivity index (χ2n) is 6.38. The van der Waals surface area contributed by atoms with Crippen molar-refractivity contribution in [3.8, 4) is 0 Å². The van der Waals surface area contributed by atoms with E-state index in [1.54, 1.807) is 0 Å². The fourth-order valence-electron chi connectivity index (χ4n) is 2.67. The monoisotopic (exact) mass is 284 g/mol. The lowest BCUT2D eigenvalue weighted by molar-refractivity contribution is -0.146. The standard InChI is InChI=1S/C15H28N2O3/c1-5-6-11-7-9-12(10-8-11)16-14(20)17(4)15(2,3)13(18)19/h11-12H,5-10H2,1-4H3,(H,16,20)(H,18,19). The van der Waals surface area contributed by atoms with Gasteiger partial charge in [0.1, 0.15) is 5.54 Å². The summed E-state index contributed by atoms with van der Waals surface area (Å²) in [5.41, 5.74) is -1.19. The van der Waals surface area contributed by atoms with Crippen LogP contribution in [0.5, 0.6) is 0 Å². The van der Waals surface area contributed by atoms with Gasteiger partial charge in [-0.25, -0.2) is 9.59 Å².